The average molecular weight is 348 g/mol. The fourth-order valence-corrected chi connectivity index (χ4v) is 3.16. The van der Waals surface area contributed by atoms with Gasteiger partial charge < -0.3 is 10.2 Å². The minimum atomic E-state index is -0.0208. The molecular weight excluding hydrogens is 328 g/mol. The second-order valence-corrected chi connectivity index (χ2v) is 6.24. The number of nitrogens with zero attached hydrogens (tertiary/aromatic N) is 5. The van der Waals surface area contributed by atoms with E-state index in [1.54, 1.807) is 18.6 Å². The topological polar surface area (TPSA) is 74.2 Å². The van der Waals surface area contributed by atoms with Crippen LogP contribution in [-0.4, -0.2) is 58.5 Å². The minimum Gasteiger partial charge on any atom is -0.338 e. The predicted octanol–water partition coefficient (Wildman–Crippen LogP) is 1.79. The molecule has 1 saturated heterocycles. The Balaban J connectivity index is 1.34. The number of aromatic nitrogens is 3. The van der Waals surface area contributed by atoms with E-state index in [0.717, 1.165) is 48.7 Å². The first kappa shape index (κ1) is 16.4. The van der Waals surface area contributed by atoms with E-state index in [-0.39, 0.29) is 5.91 Å². The number of amides is 1. The Kier molecular flexibility index (Phi) is 4.70. The fraction of sp³-hybridized carbons (Fsp3) is 0.263. The quantitative estimate of drug-likeness (QED) is 0.775. The van der Waals surface area contributed by atoms with Crippen LogP contribution in [0.4, 0.5) is 11.6 Å². The van der Waals surface area contributed by atoms with Crippen molar-refractivity contribution in [3.8, 4) is 0 Å². The highest BCUT2D eigenvalue weighted by Gasteiger charge is 2.20. The number of para-hydroxylation sites is 1. The predicted molar refractivity (Wildman–Crippen MR) is 101 cm³/mol. The lowest BCUT2D eigenvalue weighted by atomic mass is 10.2. The van der Waals surface area contributed by atoms with Crippen LogP contribution in [0.1, 0.15) is 0 Å². The third-order valence-corrected chi connectivity index (χ3v) is 4.48. The van der Waals surface area contributed by atoms with Crippen molar-refractivity contribution in [2.75, 3.05) is 42.9 Å². The van der Waals surface area contributed by atoms with Crippen LogP contribution in [0.5, 0.6) is 0 Å². The molecule has 1 amide bonds. The maximum Gasteiger partial charge on any atom is 0.238 e. The Hall–Kier alpha value is -3.06. The molecule has 2 aromatic heterocycles. The maximum atomic E-state index is 12.5. The van der Waals surface area contributed by atoms with Gasteiger partial charge in [0.2, 0.25) is 11.9 Å². The van der Waals surface area contributed by atoms with Gasteiger partial charge in [0, 0.05) is 50.2 Å². The van der Waals surface area contributed by atoms with Crippen molar-refractivity contribution in [1.82, 2.24) is 19.9 Å². The zero-order chi connectivity index (χ0) is 17.8. The summed E-state index contributed by atoms with van der Waals surface area (Å²) < 4.78 is 0. The zero-order valence-corrected chi connectivity index (χ0v) is 14.4. The van der Waals surface area contributed by atoms with Gasteiger partial charge in [-0.1, -0.05) is 18.2 Å². The molecule has 0 saturated carbocycles. The second kappa shape index (κ2) is 7.45. The maximum absolute atomic E-state index is 12.5. The van der Waals surface area contributed by atoms with E-state index in [0.29, 0.717) is 6.54 Å². The molecule has 132 valence electrons. The Morgan fingerprint density at radius 2 is 1.65 bits per heavy atom. The monoisotopic (exact) mass is 348 g/mol. The first-order chi connectivity index (χ1) is 12.8. The first-order valence-corrected chi connectivity index (χ1v) is 8.67. The van der Waals surface area contributed by atoms with Gasteiger partial charge in [-0.15, -0.1) is 0 Å². The SMILES string of the molecule is O=C(CN1CCN(c2ncccn2)CC1)Nc1cccc2cccnc12. The van der Waals surface area contributed by atoms with Gasteiger partial charge in [-0.25, -0.2) is 9.97 Å². The van der Waals surface area contributed by atoms with Gasteiger partial charge in [-0.3, -0.25) is 14.7 Å². The van der Waals surface area contributed by atoms with Gasteiger partial charge in [0.15, 0.2) is 0 Å². The zero-order valence-electron chi connectivity index (χ0n) is 14.4. The van der Waals surface area contributed by atoms with Crippen LogP contribution in [0.15, 0.2) is 55.0 Å². The van der Waals surface area contributed by atoms with E-state index in [1.807, 2.05) is 36.4 Å². The van der Waals surface area contributed by atoms with Crippen molar-refractivity contribution in [3.63, 3.8) is 0 Å². The fourth-order valence-electron chi connectivity index (χ4n) is 3.16. The molecule has 1 N–H and O–H groups in total. The van der Waals surface area contributed by atoms with Crippen molar-refractivity contribution < 1.29 is 4.79 Å². The third kappa shape index (κ3) is 3.62. The summed E-state index contributed by atoms with van der Waals surface area (Å²) in [5.74, 6) is 0.728. The molecule has 1 aromatic carbocycles. The molecule has 0 bridgehead atoms. The van der Waals surface area contributed by atoms with Crippen molar-refractivity contribution in [1.29, 1.82) is 0 Å². The Labute approximate surface area is 151 Å². The molecule has 1 fully saturated rings. The standard InChI is InChI=1S/C19H20N6O/c26-17(23-16-6-1-4-15-5-2-7-20-18(15)16)14-24-10-12-25(13-11-24)19-21-8-3-9-22-19/h1-9H,10-14H2,(H,23,26). The van der Waals surface area contributed by atoms with E-state index in [2.05, 4.69) is 30.1 Å². The molecule has 7 nitrogen and oxygen atoms in total. The number of rotatable bonds is 4. The van der Waals surface area contributed by atoms with Crippen LogP contribution < -0.4 is 10.2 Å². The average Bonchev–Trinajstić information content (AvgIpc) is 2.69. The summed E-state index contributed by atoms with van der Waals surface area (Å²) in [7, 11) is 0. The number of hydrogen-bond donors (Lipinski definition) is 1. The summed E-state index contributed by atoms with van der Waals surface area (Å²) in [6.07, 6.45) is 5.24. The van der Waals surface area contributed by atoms with Crippen molar-refractivity contribution in [3.05, 3.63) is 55.0 Å². The van der Waals surface area contributed by atoms with Crippen LogP contribution in [0.2, 0.25) is 0 Å². The van der Waals surface area contributed by atoms with Gasteiger partial charge in [0.1, 0.15) is 0 Å². The van der Waals surface area contributed by atoms with Crippen LogP contribution in [0, 0.1) is 0 Å². The van der Waals surface area contributed by atoms with E-state index >= 15 is 0 Å². The molecule has 1 aliphatic heterocycles. The van der Waals surface area contributed by atoms with Crippen LogP contribution in [0.25, 0.3) is 10.9 Å². The van der Waals surface area contributed by atoms with E-state index in [4.69, 9.17) is 0 Å². The lowest BCUT2D eigenvalue weighted by Gasteiger charge is -2.34. The Bertz CT molecular complexity index is 887. The highest BCUT2D eigenvalue weighted by Crippen LogP contribution is 2.20. The Morgan fingerprint density at radius 3 is 2.46 bits per heavy atom. The molecule has 0 spiro atoms. The number of pyridine rings is 1. The van der Waals surface area contributed by atoms with Gasteiger partial charge in [-0.05, 0) is 18.2 Å². The minimum absolute atomic E-state index is 0.0208. The molecule has 7 heteroatoms. The number of fused-ring (bicyclic) bond motifs is 1. The van der Waals surface area contributed by atoms with Gasteiger partial charge in [0.05, 0.1) is 17.7 Å². The van der Waals surface area contributed by atoms with Crippen LogP contribution >= 0.6 is 0 Å². The van der Waals surface area contributed by atoms with Gasteiger partial charge in [-0.2, -0.15) is 0 Å². The molecule has 4 rings (SSSR count). The van der Waals surface area contributed by atoms with E-state index < -0.39 is 0 Å². The molecule has 0 aliphatic carbocycles. The summed E-state index contributed by atoms with van der Waals surface area (Å²) >= 11 is 0. The summed E-state index contributed by atoms with van der Waals surface area (Å²) in [4.78, 5) is 29.7. The molecule has 0 radical (unpaired) electrons. The summed E-state index contributed by atoms with van der Waals surface area (Å²) in [5, 5.41) is 4.01. The molecule has 3 heterocycles. The normalized spacial score (nSPS) is 15.2. The molecule has 1 aliphatic rings. The molecule has 26 heavy (non-hydrogen) atoms. The second-order valence-electron chi connectivity index (χ2n) is 6.24. The van der Waals surface area contributed by atoms with Gasteiger partial charge in [0.25, 0.3) is 0 Å². The first-order valence-electron chi connectivity index (χ1n) is 8.67. The molecular formula is C19H20N6O. The Morgan fingerprint density at radius 1 is 0.923 bits per heavy atom. The smallest absolute Gasteiger partial charge is 0.238 e. The van der Waals surface area contributed by atoms with Gasteiger partial charge >= 0.3 is 0 Å². The van der Waals surface area contributed by atoms with Crippen molar-refractivity contribution in [2.24, 2.45) is 0 Å². The molecule has 0 unspecified atom stereocenters. The number of piperazine rings is 1. The van der Waals surface area contributed by atoms with Crippen molar-refractivity contribution >= 4 is 28.4 Å². The number of carbonyl (C=O) groups excluding carboxylic acids is 1. The number of nitrogens with one attached hydrogen (secondary N) is 1. The summed E-state index contributed by atoms with van der Waals surface area (Å²) in [6, 6.07) is 11.5. The lowest BCUT2D eigenvalue weighted by Crippen LogP contribution is -2.49. The summed E-state index contributed by atoms with van der Waals surface area (Å²) in [6.45, 7) is 3.60. The lowest BCUT2D eigenvalue weighted by molar-refractivity contribution is -0.117. The summed E-state index contributed by atoms with van der Waals surface area (Å²) in [5.41, 5.74) is 1.57. The highest BCUT2D eigenvalue weighted by atomic mass is 16.2. The van der Waals surface area contributed by atoms with Crippen molar-refractivity contribution in [2.45, 2.75) is 0 Å². The van der Waals surface area contributed by atoms with E-state index in [1.165, 1.54) is 0 Å². The number of hydrogen-bond acceptors (Lipinski definition) is 6. The van der Waals surface area contributed by atoms with E-state index in [9.17, 15) is 4.79 Å². The largest absolute Gasteiger partial charge is 0.338 e. The number of benzene rings is 1. The third-order valence-electron chi connectivity index (χ3n) is 4.48. The molecule has 0 atom stereocenters. The highest BCUT2D eigenvalue weighted by molar-refractivity contribution is 6.00. The van der Waals surface area contributed by atoms with Crippen LogP contribution in [-0.2, 0) is 4.79 Å². The molecule has 3 aromatic rings. The number of carbonyl (C=O) groups is 1. The number of anilines is 2. The van der Waals surface area contributed by atoms with Crippen LogP contribution in [0.3, 0.4) is 0 Å².